The predicted molar refractivity (Wildman–Crippen MR) is 158 cm³/mol. The van der Waals surface area contributed by atoms with Crippen molar-refractivity contribution in [2.24, 2.45) is 0 Å². The van der Waals surface area contributed by atoms with Crippen LogP contribution in [0.1, 0.15) is 63.8 Å². The van der Waals surface area contributed by atoms with Crippen molar-refractivity contribution in [3.05, 3.63) is 94.3 Å². The molecule has 3 heterocycles. The Morgan fingerprint density at radius 1 is 1.14 bits per heavy atom. The summed E-state index contributed by atoms with van der Waals surface area (Å²) in [6.07, 6.45) is 5.14. The highest BCUT2D eigenvalue weighted by Crippen LogP contribution is 2.32. The number of nitrogens with one attached hydrogen (secondary N) is 2. The van der Waals surface area contributed by atoms with E-state index in [0.29, 0.717) is 47.5 Å². The molecule has 5 rings (SSSR count). The first kappa shape index (κ1) is 28.9. The molecular formula is C31H30ClFN6O3. The summed E-state index contributed by atoms with van der Waals surface area (Å²) < 4.78 is 16.0. The van der Waals surface area contributed by atoms with Gasteiger partial charge in [0.25, 0.3) is 11.8 Å². The number of hydrogen-bond donors (Lipinski definition) is 2. The van der Waals surface area contributed by atoms with Crippen LogP contribution in [0.3, 0.4) is 0 Å². The number of nitrogens with zero attached hydrogens (tertiary/aromatic N) is 4. The Hall–Kier alpha value is -4.57. The first-order chi connectivity index (χ1) is 20.1. The number of rotatable bonds is 4. The molecule has 1 aliphatic rings. The largest absolute Gasteiger partial charge is 0.345 e. The lowest BCUT2D eigenvalue weighted by molar-refractivity contribution is -0.116. The van der Waals surface area contributed by atoms with Crippen LogP contribution >= 0.6 is 11.6 Å². The molecule has 11 heteroatoms. The summed E-state index contributed by atoms with van der Waals surface area (Å²) in [5.41, 5.74) is 4.04. The maximum Gasteiger partial charge on any atom is 0.255 e. The summed E-state index contributed by atoms with van der Waals surface area (Å²) in [5.74, 6) is -1.33. The molecular weight excluding hydrogens is 559 g/mol. The van der Waals surface area contributed by atoms with E-state index in [1.54, 1.807) is 57.5 Å². The number of benzene rings is 2. The number of aromatic nitrogens is 3. The summed E-state index contributed by atoms with van der Waals surface area (Å²) in [7, 11) is 3.35. The third-order valence-electron chi connectivity index (χ3n) is 7.26. The van der Waals surface area contributed by atoms with E-state index in [0.717, 1.165) is 11.1 Å². The summed E-state index contributed by atoms with van der Waals surface area (Å²) in [4.78, 5) is 45.0. The summed E-state index contributed by atoms with van der Waals surface area (Å²) in [6.45, 7) is 1.69. The number of halogens is 2. The second-order valence-electron chi connectivity index (χ2n) is 10.4. The van der Waals surface area contributed by atoms with Crippen LogP contribution in [-0.4, -0.2) is 51.5 Å². The van der Waals surface area contributed by atoms with Gasteiger partial charge in [-0.2, -0.15) is 5.10 Å². The van der Waals surface area contributed by atoms with Crippen molar-refractivity contribution in [1.29, 1.82) is 0 Å². The SMILES string of the molecule is Cc1c(C(=O)N[C@H]2CCCCC(=O)Nc3cc(C(=O)N(C)C)ccc3-c3ccnc2c3)cnn1-c1cccc(Cl)c1F. The molecule has 3 amide bonds. The molecule has 0 saturated carbocycles. The molecule has 0 unspecified atom stereocenters. The Kier molecular flexibility index (Phi) is 8.35. The average Bonchev–Trinajstić information content (AvgIpc) is 3.36. The van der Waals surface area contributed by atoms with Crippen molar-refractivity contribution < 1.29 is 18.8 Å². The van der Waals surface area contributed by atoms with Gasteiger partial charge in [0.15, 0.2) is 5.82 Å². The minimum Gasteiger partial charge on any atom is -0.345 e. The minimum atomic E-state index is -0.625. The molecule has 9 nitrogen and oxygen atoms in total. The number of hydrogen-bond acceptors (Lipinski definition) is 5. The van der Waals surface area contributed by atoms with Gasteiger partial charge >= 0.3 is 0 Å². The van der Waals surface area contributed by atoms with E-state index in [1.165, 1.54) is 21.8 Å². The van der Waals surface area contributed by atoms with Crippen LogP contribution in [0.4, 0.5) is 10.1 Å². The smallest absolute Gasteiger partial charge is 0.255 e. The summed E-state index contributed by atoms with van der Waals surface area (Å²) >= 11 is 5.95. The molecule has 1 atom stereocenters. The Bertz CT molecular complexity index is 1690. The van der Waals surface area contributed by atoms with Crippen LogP contribution in [0.25, 0.3) is 16.8 Å². The van der Waals surface area contributed by atoms with Gasteiger partial charge in [0.1, 0.15) is 5.69 Å². The van der Waals surface area contributed by atoms with Gasteiger partial charge in [-0.05, 0) is 61.7 Å². The van der Waals surface area contributed by atoms with Crippen LogP contribution in [0.2, 0.25) is 5.02 Å². The van der Waals surface area contributed by atoms with Crippen molar-refractivity contribution in [3.63, 3.8) is 0 Å². The molecule has 2 aromatic heterocycles. The van der Waals surface area contributed by atoms with E-state index in [9.17, 15) is 18.8 Å². The fraction of sp³-hybridized carbons (Fsp3) is 0.258. The van der Waals surface area contributed by atoms with E-state index < -0.39 is 11.9 Å². The molecule has 216 valence electrons. The molecule has 0 saturated heterocycles. The number of carbonyl (C=O) groups excluding carboxylic acids is 3. The number of anilines is 1. The van der Waals surface area contributed by atoms with Gasteiger partial charge in [0.2, 0.25) is 5.91 Å². The quantitative estimate of drug-likeness (QED) is 0.317. The molecule has 0 spiro atoms. The standard InChI is InChI=1S/C31H30ClFN6O3/c1-18-22(17-35-39(18)27-9-6-7-23(32)29(27)33)30(41)37-24-8-4-5-10-28(40)36-25-16-20(31(42)38(2)3)11-12-21(25)19-13-14-34-26(24)15-19/h6-7,9,11-17,24H,4-5,8,10H2,1-3H3,(H,36,40)(H,37,41)/t24-/m0/s1. The van der Waals surface area contributed by atoms with Crippen LogP contribution in [-0.2, 0) is 4.79 Å². The number of amides is 3. The van der Waals surface area contributed by atoms with Gasteiger partial charge < -0.3 is 15.5 Å². The van der Waals surface area contributed by atoms with Gasteiger partial charge in [-0.1, -0.05) is 30.2 Å². The van der Waals surface area contributed by atoms with Gasteiger partial charge in [-0.25, -0.2) is 9.07 Å². The molecule has 0 fully saturated rings. The molecule has 4 aromatic rings. The lowest BCUT2D eigenvalue weighted by Gasteiger charge is -2.21. The Balaban J connectivity index is 1.48. The van der Waals surface area contributed by atoms with E-state index in [2.05, 4.69) is 20.7 Å². The maximum absolute atomic E-state index is 14.7. The highest BCUT2D eigenvalue weighted by Gasteiger charge is 2.23. The highest BCUT2D eigenvalue weighted by atomic mass is 35.5. The number of fused-ring (bicyclic) bond motifs is 4. The third kappa shape index (κ3) is 5.89. The zero-order chi connectivity index (χ0) is 30.0. The highest BCUT2D eigenvalue weighted by molar-refractivity contribution is 6.30. The topological polar surface area (TPSA) is 109 Å². The lowest BCUT2D eigenvalue weighted by atomic mass is 9.97. The number of carbonyl (C=O) groups is 3. The van der Waals surface area contributed by atoms with Crippen LogP contribution < -0.4 is 10.6 Å². The minimum absolute atomic E-state index is 0.0386. The first-order valence-corrected chi connectivity index (χ1v) is 13.9. The Morgan fingerprint density at radius 2 is 1.95 bits per heavy atom. The molecule has 2 bridgehead atoms. The van der Waals surface area contributed by atoms with E-state index in [-0.39, 0.29) is 34.9 Å². The van der Waals surface area contributed by atoms with Crippen LogP contribution in [0.15, 0.2) is 60.9 Å². The zero-order valence-corrected chi connectivity index (χ0v) is 24.2. The van der Waals surface area contributed by atoms with Gasteiger partial charge in [0.05, 0.1) is 34.2 Å². The van der Waals surface area contributed by atoms with Crippen molar-refractivity contribution in [3.8, 4) is 16.8 Å². The summed E-state index contributed by atoms with van der Waals surface area (Å²) in [6, 6.07) is 13.1. The lowest BCUT2D eigenvalue weighted by Crippen LogP contribution is -2.29. The van der Waals surface area contributed by atoms with Gasteiger partial charge in [0, 0.05) is 43.5 Å². The van der Waals surface area contributed by atoms with Crippen molar-refractivity contribution >= 4 is 35.0 Å². The van der Waals surface area contributed by atoms with Crippen molar-refractivity contribution in [2.45, 2.75) is 38.6 Å². The first-order valence-electron chi connectivity index (χ1n) is 13.6. The second-order valence-corrected chi connectivity index (χ2v) is 10.8. The maximum atomic E-state index is 14.7. The van der Waals surface area contributed by atoms with Crippen LogP contribution in [0.5, 0.6) is 0 Å². The molecule has 42 heavy (non-hydrogen) atoms. The monoisotopic (exact) mass is 588 g/mol. The van der Waals surface area contributed by atoms with E-state index in [1.807, 2.05) is 12.1 Å². The van der Waals surface area contributed by atoms with E-state index in [4.69, 9.17) is 11.6 Å². The van der Waals surface area contributed by atoms with E-state index >= 15 is 0 Å². The Morgan fingerprint density at radius 3 is 2.74 bits per heavy atom. The normalized spacial score (nSPS) is 15.1. The molecule has 2 aromatic carbocycles. The fourth-order valence-corrected chi connectivity index (χ4v) is 5.17. The predicted octanol–water partition coefficient (Wildman–Crippen LogP) is 5.72. The molecule has 0 radical (unpaired) electrons. The van der Waals surface area contributed by atoms with Gasteiger partial charge in [-0.15, -0.1) is 0 Å². The second kappa shape index (κ2) is 12.1. The third-order valence-corrected chi connectivity index (χ3v) is 7.55. The van der Waals surface area contributed by atoms with Gasteiger partial charge in [-0.3, -0.25) is 19.4 Å². The van der Waals surface area contributed by atoms with Crippen LogP contribution in [0, 0.1) is 12.7 Å². The van der Waals surface area contributed by atoms with Crippen molar-refractivity contribution in [2.75, 3.05) is 19.4 Å². The number of pyridine rings is 1. The molecule has 1 aliphatic heterocycles. The average molecular weight is 589 g/mol. The zero-order valence-electron chi connectivity index (χ0n) is 23.4. The summed E-state index contributed by atoms with van der Waals surface area (Å²) in [5, 5.41) is 10.3. The molecule has 2 N–H and O–H groups in total. The Labute approximate surface area is 247 Å². The molecule has 0 aliphatic carbocycles. The fourth-order valence-electron chi connectivity index (χ4n) is 5.01. The van der Waals surface area contributed by atoms with Crippen molar-refractivity contribution in [1.82, 2.24) is 25.0 Å².